The van der Waals surface area contributed by atoms with E-state index in [9.17, 15) is 4.39 Å². The highest BCUT2D eigenvalue weighted by Gasteiger charge is 2.17. The molecule has 0 amide bonds. The summed E-state index contributed by atoms with van der Waals surface area (Å²) in [5, 5.41) is 3.28. The zero-order chi connectivity index (χ0) is 14.1. The molecule has 0 fully saturated rings. The number of nitrogens with one attached hydrogen (secondary N) is 1. The van der Waals surface area contributed by atoms with Gasteiger partial charge in [-0.3, -0.25) is 0 Å². The molecule has 1 atom stereocenters. The minimum Gasteiger partial charge on any atom is -0.375 e. The van der Waals surface area contributed by atoms with E-state index in [4.69, 9.17) is 0 Å². The Morgan fingerprint density at radius 1 is 1.25 bits per heavy atom. The van der Waals surface area contributed by atoms with Gasteiger partial charge in [0.15, 0.2) is 0 Å². The van der Waals surface area contributed by atoms with E-state index in [1.54, 1.807) is 12.1 Å². The molecule has 1 N–H and O–H groups in total. The molecule has 1 aromatic heterocycles. The fourth-order valence-electron chi connectivity index (χ4n) is 2.64. The van der Waals surface area contributed by atoms with Crippen LogP contribution in [0.2, 0.25) is 0 Å². The monoisotopic (exact) mass is 353 g/mol. The van der Waals surface area contributed by atoms with Crippen LogP contribution in [0.25, 0.3) is 0 Å². The van der Waals surface area contributed by atoms with Gasteiger partial charge < -0.3 is 5.32 Å². The summed E-state index contributed by atoms with van der Waals surface area (Å²) in [5.74, 6) is -0.207. The zero-order valence-corrected chi connectivity index (χ0v) is 13.8. The Labute approximate surface area is 131 Å². The third kappa shape index (κ3) is 2.91. The third-order valence-electron chi connectivity index (χ3n) is 3.74. The van der Waals surface area contributed by atoms with Gasteiger partial charge in [-0.1, -0.05) is 15.9 Å². The Balaban J connectivity index is 1.80. The van der Waals surface area contributed by atoms with Gasteiger partial charge in [0.25, 0.3) is 0 Å². The van der Waals surface area contributed by atoms with Crippen molar-refractivity contribution in [3.8, 4) is 0 Å². The quantitative estimate of drug-likeness (QED) is 0.745. The summed E-state index contributed by atoms with van der Waals surface area (Å²) in [4.78, 5) is 2.82. The van der Waals surface area contributed by atoms with Gasteiger partial charge in [-0.2, -0.15) is 0 Å². The van der Waals surface area contributed by atoms with Gasteiger partial charge in [0.2, 0.25) is 0 Å². The highest BCUT2D eigenvalue weighted by molar-refractivity contribution is 9.10. The SMILES string of the molecule is CC(Nc1cc(Br)ccc1F)c1cc2c(s1)CCCC2. The first-order valence-electron chi connectivity index (χ1n) is 6.96. The molecule has 0 saturated heterocycles. The average Bonchev–Trinajstić information content (AvgIpc) is 2.87. The second kappa shape index (κ2) is 5.86. The number of hydrogen-bond donors (Lipinski definition) is 1. The van der Waals surface area contributed by atoms with Crippen LogP contribution in [0.5, 0.6) is 0 Å². The lowest BCUT2D eigenvalue weighted by molar-refractivity contribution is 0.627. The molecule has 1 heterocycles. The van der Waals surface area contributed by atoms with Crippen molar-refractivity contribution in [1.82, 2.24) is 0 Å². The number of rotatable bonds is 3. The summed E-state index contributed by atoms with van der Waals surface area (Å²) in [6.07, 6.45) is 5.00. The minimum atomic E-state index is -0.207. The predicted octanol–water partition coefficient (Wildman–Crippen LogP) is 5.70. The summed E-state index contributed by atoms with van der Waals surface area (Å²) >= 11 is 5.26. The van der Waals surface area contributed by atoms with Gasteiger partial charge in [0.05, 0.1) is 11.7 Å². The molecule has 1 unspecified atom stereocenters. The van der Waals surface area contributed by atoms with Crippen molar-refractivity contribution in [2.24, 2.45) is 0 Å². The topological polar surface area (TPSA) is 12.0 Å². The van der Waals surface area contributed by atoms with Gasteiger partial charge >= 0.3 is 0 Å². The fraction of sp³-hybridized carbons (Fsp3) is 0.375. The van der Waals surface area contributed by atoms with Gasteiger partial charge in [0.1, 0.15) is 5.82 Å². The lowest BCUT2D eigenvalue weighted by Crippen LogP contribution is -2.06. The van der Waals surface area contributed by atoms with E-state index < -0.39 is 0 Å². The molecule has 1 aliphatic carbocycles. The van der Waals surface area contributed by atoms with Crippen LogP contribution in [0.15, 0.2) is 28.7 Å². The molecule has 0 saturated carbocycles. The van der Waals surface area contributed by atoms with Crippen LogP contribution in [-0.2, 0) is 12.8 Å². The first-order chi connectivity index (χ1) is 9.63. The summed E-state index contributed by atoms with van der Waals surface area (Å²) in [7, 11) is 0. The normalized spacial score (nSPS) is 15.8. The van der Waals surface area contributed by atoms with Gasteiger partial charge in [-0.05, 0) is 62.4 Å². The van der Waals surface area contributed by atoms with E-state index in [1.807, 2.05) is 11.3 Å². The highest BCUT2D eigenvalue weighted by atomic mass is 79.9. The smallest absolute Gasteiger partial charge is 0.146 e. The summed E-state index contributed by atoms with van der Waals surface area (Å²) in [5.41, 5.74) is 2.05. The molecule has 0 aliphatic heterocycles. The molecule has 1 aromatic carbocycles. The second-order valence-corrected chi connectivity index (χ2v) is 7.38. The number of benzene rings is 1. The van der Waals surface area contributed by atoms with Crippen molar-refractivity contribution in [1.29, 1.82) is 0 Å². The van der Waals surface area contributed by atoms with Crippen molar-refractivity contribution in [3.63, 3.8) is 0 Å². The van der Waals surface area contributed by atoms with Crippen molar-refractivity contribution in [3.05, 3.63) is 49.9 Å². The molecule has 106 valence electrons. The van der Waals surface area contributed by atoms with Crippen molar-refractivity contribution >= 4 is 33.0 Å². The largest absolute Gasteiger partial charge is 0.375 e. The summed E-state index contributed by atoms with van der Waals surface area (Å²) in [6, 6.07) is 7.43. The van der Waals surface area contributed by atoms with E-state index in [-0.39, 0.29) is 11.9 Å². The maximum Gasteiger partial charge on any atom is 0.146 e. The van der Waals surface area contributed by atoms with Gasteiger partial charge in [-0.25, -0.2) is 4.39 Å². The van der Waals surface area contributed by atoms with Gasteiger partial charge in [-0.15, -0.1) is 11.3 Å². The zero-order valence-electron chi connectivity index (χ0n) is 11.4. The van der Waals surface area contributed by atoms with E-state index in [1.165, 1.54) is 47.1 Å². The third-order valence-corrected chi connectivity index (χ3v) is 5.66. The summed E-state index contributed by atoms with van der Waals surface area (Å²) in [6.45, 7) is 2.09. The molecule has 0 spiro atoms. The van der Waals surface area contributed by atoms with Crippen molar-refractivity contribution < 1.29 is 4.39 Å². The Kier molecular flexibility index (Phi) is 4.13. The average molecular weight is 354 g/mol. The lowest BCUT2D eigenvalue weighted by atomic mass is 9.99. The Morgan fingerprint density at radius 3 is 2.85 bits per heavy atom. The Morgan fingerprint density at radius 2 is 2.05 bits per heavy atom. The maximum atomic E-state index is 13.8. The van der Waals surface area contributed by atoms with E-state index in [0.717, 1.165) is 4.47 Å². The molecular formula is C16H17BrFNS. The number of aryl methyl sites for hydroxylation is 2. The lowest BCUT2D eigenvalue weighted by Gasteiger charge is -2.14. The van der Waals surface area contributed by atoms with E-state index in [2.05, 4.69) is 34.2 Å². The van der Waals surface area contributed by atoms with Gasteiger partial charge in [0, 0.05) is 14.2 Å². The Bertz CT molecular complexity index is 599. The first kappa shape index (κ1) is 14.1. The van der Waals surface area contributed by atoms with Crippen LogP contribution in [0.3, 0.4) is 0 Å². The Hall–Kier alpha value is -0.870. The number of thiophene rings is 1. The molecule has 0 bridgehead atoms. The summed E-state index contributed by atoms with van der Waals surface area (Å²) < 4.78 is 14.7. The maximum absolute atomic E-state index is 13.8. The molecular weight excluding hydrogens is 337 g/mol. The highest BCUT2D eigenvalue weighted by Crippen LogP contribution is 2.34. The number of halogens is 2. The molecule has 1 aliphatic rings. The molecule has 0 radical (unpaired) electrons. The predicted molar refractivity (Wildman–Crippen MR) is 87.1 cm³/mol. The van der Waals surface area contributed by atoms with Crippen LogP contribution in [0, 0.1) is 5.82 Å². The molecule has 4 heteroatoms. The molecule has 2 aromatic rings. The first-order valence-corrected chi connectivity index (χ1v) is 8.57. The second-order valence-electron chi connectivity index (χ2n) is 5.29. The van der Waals surface area contributed by atoms with E-state index in [0.29, 0.717) is 5.69 Å². The molecule has 1 nitrogen and oxygen atoms in total. The van der Waals surface area contributed by atoms with E-state index >= 15 is 0 Å². The fourth-order valence-corrected chi connectivity index (χ4v) is 4.26. The number of fused-ring (bicyclic) bond motifs is 1. The van der Waals surface area contributed by atoms with Crippen molar-refractivity contribution in [2.75, 3.05) is 5.32 Å². The van der Waals surface area contributed by atoms with Crippen LogP contribution in [0.1, 0.15) is 41.1 Å². The van der Waals surface area contributed by atoms with Crippen LogP contribution in [0.4, 0.5) is 10.1 Å². The standard InChI is InChI=1S/C16H17BrFNS/c1-10(19-14-9-12(17)6-7-13(14)18)16-8-11-4-2-3-5-15(11)20-16/h6-10,19H,2-5H2,1H3. The number of anilines is 1. The van der Waals surface area contributed by atoms with Crippen LogP contribution in [-0.4, -0.2) is 0 Å². The number of hydrogen-bond acceptors (Lipinski definition) is 2. The van der Waals surface area contributed by atoms with Crippen molar-refractivity contribution in [2.45, 2.75) is 38.6 Å². The molecule has 3 rings (SSSR count). The van der Waals surface area contributed by atoms with Crippen LogP contribution >= 0.6 is 27.3 Å². The molecule has 20 heavy (non-hydrogen) atoms. The van der Waals surface area contributed by atoms with Crippen LogP contribution < -0.4 is 5.32 Å². The minimum absolute atomic E-state index is 0.134.